The van der Waals surface area contributed by atoms with Crippen LogP contribution in [0.15, 0.2) is 65.7 Å². The molecule has 1 aliphatic rings. The van der Waals surface area contributed by atoms with E-state index in [-0.39, 0.29) is 18.1 Å². The van der Waals surface area contributed by atoms with Crippen molar-refractivity contribution in [3.05, 3.63) is 88.2 Å². The number of halogens is 3. The Morgan fingerprint density at radius 2 is 1.81 bits per heavy atom. The van der Waals surface area contributed by atoms with Gasteiger partial charge in [0, 0.05) is 24.4 Å². The Morgan fingerprint density at radius 3 is 2.50 bits per heavy atom. The summed E-state index contributed by atoms with van der Waals surface area (Å²) in [4.78, 5) is 28.5. The Hall–Kier alpha value is -4.21. The van der Waals surface area contributed by atoms with Crippen LogP contribution in [0.2, 0.25) is 0 Å². The molecule has 0 amide bonds. The van der Waals surface area contributed by atoms with Crippen LogP contribution in [0.3, 0.4) is 0 Å². The summed E-state index contributed by atoms with van der Waals surface area (Å²) < 4.78 is 41.9. The van der Waals surface area contributed by atoms with E-state index < -0.39 is 11.9 Å². The molecule has 0 saturated heterocycles. The third-order valence-corrected chi connectivity index (χ3v) is 6.45. The second-order valence-corrected chi connectivity index (χ2v) is 9.06. The van der Waals surface area contributed by atoms with E-state index in [0.29, 0.717) is 28.5 Å². The summed E-state index contributed by atoms with van der Waals surface area (Å²) in [6.07, 6.45) is 0.390. The van der Waals surface area contributed by atoms with Gasteiger partial charge in [0.05, 0.1) is 12.7 Å². The molecule has 182 valence electrons. The number of aryl methyl sites for hydroxylation is 1. The predicted octanol–water partition coefficient (Wildman–Crippen LogP) is 5.13. The summed E-state index contributed by atoms with van der Waals surface area (Å²) in [5.74, 6) is 1.31. The molecule has 1 N–H and O–H groups in total. The lowest BCUT2D eigenvalue weighted by Crippen LogP contribution is -2.17. The van der Waals surface area contributed by atoms with Gasteiger partial charge in [0.2, 0.25) is 0 Å². The summed E-state index contributed by atoms with van der Waals surface area (Å²) >= 11 is 0. The van der Waals surface area contributed by atoms with Crippen LogP contribution in [0.4, 0.5) is 13.2 Å². The van der Waals surface area contributed by atoms with Crippen LogP contribution in [0.5, 0.6) is 0 Å². The molecule has 1 fully saturated rings. The molecule has 6 rings (SSSR count). The Balaban J connectivity index is 1.32. The summed E-state index contributed by atoms with van der Waals surface area (Å²) in [6.45, 7) is 0.244. The smallest absolute Gasteiger partial charge is 0.333 e. The van der Waals surface area contributed by atoms with Gasteiger partial charge in [-0.2, -0.15) is 13.2 Å². The number of alkyl halides is 3. The van der Waals surface area contributed by atoms with E-state index in [1.165, 1.54) is 21.7 Å². The topological polar surface area (TPSA) is 81.4 Å². The first-order valence-electron chi connectivity index (χ1n) is 11.5. The lowest BCUT2D eigenvalue weighted by molar-refractivity contribution is -0.140. The summed E-state index contributed by atoms with van der Waals surface area (Å²) in [7, 11) is 1.52. The third kappa shape index (κ3) is 3.98. The van der Waals surface area contributed by atoms with Gasteiger partial charge in [-0.25, -0.2) is 19.7 Å². The molecule has 7 nitrogen and oxygen atoms in total. The number of fused-ring (bicyclic) bond motifs is 1. The Bertz CT molecular complexity index is 1640. The quantitative estimate of drug-likeness (QED) is 0.370. The van der Waals surface area contributed by atoms with Crippen molar-refractivity contribution in [2.45, 2.75) is 31.5 Å². The van der Waals surface area contributed by atoms with Gasteiger partial charge in [-0.15, -0.1) is 0 Å². The number of hydrogen-bond donors (Lipinski definition) is 1. The highest BCUT2D eigenvalue weighted by Gasteiger charge is 2.34. The van der Waals surface area contributed by atoms with Crippen molar-refractivity contribution < 1.29 is 13.2 Å². The molecule has 0 unspecified atom stereocenters. The highest BCUT2D eigenvalue weighted by Crippen LogP contribution is 2.43. The van der Waals surface area contributed by atoms with Crippen molar-refractivity contribution in [1.29, 1.82) is 0 Å². The summed E-state index contributed by atoms with van der Waals surface area (Å²) in [5, 5.41) is 0. The summed E-state index contributed by atoms with van der Waals surface area (Å²) in [5.41, 5.74) is 3.33. The molecule has 1 aliphatic carbocycles. The van der Waals surface area contributed by atoms with E-state index in [4.69, 9.17) is 4.98 Å². The van der Waals surface area contributed by atoms with Crippen molar-refractivity contribution >= 4 is 11.2 Å². The van der Waals surface area contributed by atoms with Gasteiger partial charge >= 0.3 is 11.9 Å². The fraction of sp³-hybridized carbons (Fsp3) is 0.231. The summed E-state index contributed by atoms with van der Waals surface area (Å²) in [6, 6.07) is 15.0. The Labute approximate surface area is 203 Å². The number of imidazole rings is 2. The molecule has 0 bridgehead atoms. The maximum atomic E-state index is 13.0. The molecule has 3 heterocycles. The predicted molar refractivity (Wildman–Crippen MR) is 128 cm³/mol. The Morgan fingerprint density at radius 1 is 1.06 bits per heavy atom. The van der Waals surface area contributed by atoms with Crippen LogP contribution in [0.25, 0.3) is 33.9 Å². The number of hydrogen-bond acceptors (Lipinski definition) is 4. The molecule has 0 spiro atoms. The molecule has 0 atom stereocenters. The van der Waals surface area contributed by atoms with Gasteiger partial charge in [0.1, 0.15) is 11.3 Å². The molecule has 5 aromatic rings. The number of nitrogens with zero attached hydrogens (tertiary/aromatic N) is 5. The second kappa shape index (κ2) is 8.18. The van der Waals surface area contributed by atoms with E-state index in [1.807, 2.05) is 18.2 Å². The van der Waals surface area contributed by atoms with Crippen LogP contribution in [0.1, 0.15) is 35.6 Å². The average molecular weight is 490 g/mol. The standard InChI is InChI=1S/C26H21F3N6O/c1-34-14-21(26(27,28)29)32-23(34)17-8-6-15(7-9-17)13-35-24-20(31-25(35)36)12-30-22(33-24)19-5-3-2-4-18(19)16-10-11-16/h2-9,12,14,16H,10-11,13H2,1H3,(H,31,36). The van der Waals surface area contributed by atoms with Crippen LogP contribution in [-0.2, 0) is 19.8 Å². The first-order valence-corrected chi connectivity index (χ1v) is 11.5. The fourth-order valence-electron chi connectivity index (χ4n) is 4.49. The molecule has 0 radical (unpaired) electrons. The third-order valence-electron chi connectivity index (χ3n) is 6.45. The molecular weight excluding hydrogens is 469 g/mol. The van der Waals surface area contributed by atoms with Crippen molar-refractivity contribution in [1.82, 2.24) is 29.1 Å². The zero-order chi connectivity index (χ0) is 25.0. The van der Waals surface area contributed by atoms with E-state index in [1.54, 1.807) is 30.5 Å². The first kappa shape index (κ1) is 22.3. The number of rotatable bonds is 5. The number of H-pyrrole nitrogens is 1. The van der Waals surface area contributed by atoms with Crippen molar-refractivity contribution in [3.8, 4) is 22.8 Å². The average Bonchev–Trinajstić information content (AvgIpc) is 3.56. The second-order valence-electron chi connectivity index (χ2n) is 9.06. The lowest BCUT2D eigenvalue weighted by Gasteiger charge is -2.09. The van der Waals surface area contributed by atoms with Crippen LogP contribution in [0, 0.1) is 0 Å². The SMILES string of the molecule is Cn1cc(C(F)(F)F)nc1-c1ccc(Cn2c(=O)[nH]c3cnc(-c4ccccc4C4CC4)nc32)cc1. The van der Waals surface area contributed by atoms with E-state index in [9.17, 15) is 18.0 Å². The van der Waals surface area contributed by atoms with Gasteiger partial charge in [-0.1, -0.05) is 48.5 Å². The molecule has 10 heteroatoms. The highest BCUT2D eigenvalue weighted by atomic mass is 19.4. The minimum Gasteiger partial charge on any atom is -0.333 e. The van der Waals surface area contributed by atoms with Gasteiger partial charge in [0.25, 0.3) is 0 Å². The van der Waals surface area contributed by atoms with Crippen molar-refractivity contribution in [2.24, 2.45) is 7.05 Å². The van der Waals surface area contributed by atoms with Gasteiger partial charge in [-0.05, 0) is 29.9 Å². The van der Waals surface area contributed by atoms with Crippen LogP contribution >= 0.6 is 0 Å². The monoisotopic (exact) mass is 490 g/mol. The minimum absolute atomic E-state index is 0.213. The van der Waals surface area contributed by atoms with Gasteiger partial charge in [-0.3, -0.25) is 4.57 Å². The minimum atomic E-state index is -4.51. The number of aromatic amines is 1. The Kier molecular flexibility index (Phi) is 5.06. The lowest BCUT2D eigenvalue weighted by atomic mass is 10.0. The zero-order valence-corrected chi connectivity index (χ0v) is 19.3. The normalized spacial score (nSPS) is 14.0. The van der Waals surface area contributed by atoms with Gasteiger partial charge < -0.3 is 9.55 Å². The molecule has 2 aromatic carbocycles. The molecule has 36 heavy (non-hydrogen) atoms. The maximum Gasteiger partial charge on any atom is 0.434 e. The number of nitrogens with one attached hydrogen (secondary N) is 1. The number of aromatic nitrogens is 6. The van der Waals surface area contributed by atoms with Gasteiger partial charge in [0.15, 0.2) is 17.2 Å². The highest BCUT2D eigenvalue weighted by molar-refractivity contribution is 5.74. The van der Waals surface area contributed by atoms with Crippen molar-refractivity contribution in [2.75, 3.05) is 0 Å². The number of benzene rings is 2. The van der Waals surface area contributed by atoms with E-state index in [2.05, 4.69) is 21.0 Å². The molecule has 3 aromatic heterocycles. The van der Waals surface area contributed by atoms with Crippen LogP contribution in [-0.4, -0.2) is 29.1 Å². The zero-order valence-electron chi connectivity index (χ0n) is 19.3. The molecule has 0 aliphatic heterocycles. The fourth-order valence-corrected chi connectivity index (χ4v) is 4.49. The molecular formula is C26H21F3N6O. The van der Waals surface area contributed by atoms with Crippen molar-refractivity contribution in [3.63, 3.8) is 0 Å². The first-order chi connectivity index (χ1) is 17.3. The maximum absolute atomic E-state index is 13.0. The molecule has 1 saturated carbocycles. The van der Waals surface area contributed by atoms with E-state index in [0.717, 1.165) is 30.2 Å². The largest absolute Gasteiger partial charge is 0.434 e. The van der Waals surface area contributed by atoms with Crippen LogP contribution < -0.4 is 5.69 Å². The van der Waals surface area contributed by atoms with E-state index >= 15 is 0 Å².